The lowest BCUT2D eigenvalue weighted by molar-refractivity contribution is 0.411. The minimum absolute atomic E-state index is 0.153. The van der Waals surface area contributed by atoms with Crippen LogP contribution < -0.4 is 15.0 Å². The van der Waals surface area contributed by atoms with Crippen molar-refractivity contribution in [1.29, 1.82) is 0 Å². The molecular weight excluding hydrogens is 376 g/mol. The molecule has 1 saturated heterocycles. The Hall–Kier alpha value is -2.68. The number of benzene rings is 1. The zero-order chi connectivity index (χ0) is 19.7. The highest BCUT2D eigenvalue weighted by Gasteiger charge is 2.25. The van der Waals surface area contributed by atoms with E-state index in [-0.39, 0.29) is 5.92 Å². The van der Waals surface area contributed by atoms with E-state index >= 15 is 0 Å². The first-order valence-electron chi connectivity index (χ1n) is 9.32. The number of ether oxygens (including phenoxy) is 1. The fourth-order valence-corrected chi connectivity index (χ4v) is 4.27. The molecule has 1 aliphatic rings. The molecular formula is C19H24N6O2S. The maximum atomic E-state index is 11.8. The van der Waals surface area contributed by atoms with Crippen molar-refractivity contribution in [2.24, 2.45) is 0 Å². The average molecular weight is 401 g/mol. The minimum atomic E-state index is -0.760. The molecule has 2 aromatic heterocycles. The maximum absolute atomic E-state index is 11.8. The van der Waals surface area contributed by atoms with Crippen LogP contribution in [-0.4, -0.2) is 56.1 Å². The highest BCUT2D eigenvalue weighted by Crippen LogP contribution is 2.37. The Balaban J connectivity index is 1.78. The molecule has 0 atom stereocenters. The van der Waals surface area contributed by atoms with Gasteiger partial charge in [-0.15, -0.1) is 0 Å². The second kappa shape index (κ2) is 7.75. The number of hydrogen-bond acceptors (Lipinski definition) is 7. The summed E-state index contributed by atoms with van der Waals surface area (Å²) in [6.07, 6.45) is 0. The van der Waals surface area contributed by atoms with Gasteiger partial charge in [0.15, 0.2) is 17.5 Å². The molecule has 1 aromatic carbocycles. The van der Waals surface area contributed by atoms with E-state index in [1.807, 2.05) is 24.3 Å². The lowest BCUT2D eigenvalue weighted by Gasteiger charge is -2.29. The number of aromatic amines is 1. The third kappa shape index (κ3) is 3.54. The summed E-state index contributed by atoms with van der Waals surface area (Å²) in [4.78, 5) is 11.6. The van der Waals surface area contributed by atoms with Gasteiger partial charge >= 0.3 is 0 Å². The number of aromatic nitrogens is 4. The highest BCUT2D eigenvalue weighted by atomic mass is 32.2. The van der Waals surface area contributed by atoms with Gasteiger partial charge in [0.1, 0.15) is 5.82 Å². The Morgan fingerprint density at radius 3 is 2.64 bits per heavy atom. The van der Waals surface area contributed by atoms with Gasteiger partial charge in [0.25, 0.3) is 0 Å². The third-order valence-electron chi connectivity index (χ3n) is 4.77. The van der Waals surface area contributed by atoms with Crippen molar-refractivity contribution >= 4 is 39.2 Å². The van der Waals surface area contributed by atoms with Crippen LogP contribution in [0.3, 0.4) is 0 Å². The Morgan fingerprint density at radius 2 is 1.93 bits per heavy atom. The first kappa shape index (κ1) is 18.7. The second-order valence-electron chi connectivity index (χ2n) is 7.02. The minimum Gasteiger partial charge on any atom is -0.490 e. The number of para-hydroxylation sites is 1. The van der Waals surface area contributed by atoms with Crippen LogP contribution in [0, 0.1) is 0 Å². The maximum Gasteiger partial charge on any atom is 0.204 e. The van der Waals surface area contributed by atoms with E-state index in [1.54, 1.807) is 7.11 Å². The zero-order valence-electron chi connectivity index (χ0n) is 16.2. The SMILES string of the molecule is COc1c(Nc2n[nH]c3ccccc23)nc(C(C)C)nc1N1CCS(=O)CC1. The molecule has 0 bridgehead atoms. The quantitative estimate of drug-likeness (QED) is 0.680. The van der Waals surface area contributed by atoms with Gasteiger partial charge < -0.3 is 15.0 Å². The van der Waals surface area contributed by atoms with Crippen LogP contribution in [-0.2, 0) is 10.8 Å². The first-order chi connectivity index (χ1) is 13.6. The van der Waals surface area contributed by atoms with Gasteiger partial charge in [0, 0.05) is 46.7 Å². The van der Waals surface area contributed by atoms with Crippen LogP contribution in [0.2, 0.25) is 0 Å². The molecule has 2 N–H and O–H groups in total. The van der Waals surface area contributed by atoms with Crippen molar-refractivity contribution in [3.63, 3.8) is 0 Å². The summed E-state index contributed by atoms with van der Waals surface area (Å²) in [6, 6.07) is 7.91. The van der Waals surface area contributed by atoms with Crippen LogP contribution in [0.5, 0.6) is 5.75 Å². The van der Waals surface area contributed by atoms with Crippen molar-refractivity contribution in [2.45, 2.75) is 19.8 Å². The molecule has 1 aliphatic heterocycles. The van der Waals surface area contributed by atoms with Crippen molar-refractivity contribution in [3.05, 3.63) is 30.1 Å². The first-order valence-corrected chi connectivity index (χ1v) is 10.8. The molecule has 0 spiro atoms. The predicted molar refractivity (Wildman–Crippen MR) is 112 cm³/mol. The molecule has 148 valence electrons. The summed E-state index contributed by atoms with van der Waals surface area (Å²) in [5.41, 5.74) is 0.945. The summed E-state index contributed by atoms with van der Waals surface area (Å²) in [5.74, 6) is 4.73. The number of fused-ring (bicyclic) bond motifs is 1. The van der Waals surface area contributed by atoms with E-state index in [0.29, 0.717) is 42.0 Å². The van der Waals surface area contributed by atoms with E-state index < -0.39 is 10.8 Å². The highest BCUT2D eigenvalue weighted by molar-refractivity contribution is 7.85. The van der Waals surface area contributed by atoms with Crippen LogP contribution in [0.15, 0.2) is 24.3 Å². The third-order valence-corrected chi connectivity index (χ3v) is 6.05. The van der Waals surface area contributed by atoms with Gasteiger partial charge in [-0.25, -0.2) is 9.97 Å². The van der Waals surface area contributed by atoms with Crippen molar-refractivity contribution in [3.8, 4) is 5.75 Å². The van der Waals surface area contributed by atoms with Crippen LogP contribution >= 0.6 is 0 Å². The molecule has 8 nitrogen and oxygen atoms in total. The normalized spacial score (nSPS) is 15.4. The number of anilines is 3. The van der Waals surface area contributed by atoms with E-state index in [2.05, 4.69) is 34.3 Å². The molecule has 4 rings (SSSR count). The molecule has 0 radical (unpaired) electrons. The van der Waals surface area contributed by atoms with E-state index in [0.717, 1.165) is 22.5 Å². The fraction of sp³-hybridized carbons (Fsp3) is 0.421. The summed E-state index contributed by atoms with van der Waals surface area (Å²) >= 11 is 0. The Kier molecular flexibility index (Phi) is 5.17. The Bertz CT molecular complexity index is 1010. The van der Waals surface area contributed by atoms with Crippen molar-refractivity contribution in [2.75, 3.05) is 41.9 Å². The monoisotopic (exact) mass is 400 g/mol. The lowest BCUT2D eigenvalue weighted by Crippen LogP contribution is -2.38. The lowest BCUT2D eigenvalue weighted by atomic mass is 10.2. The van der Waals surface area contributed by atoms with Crippen LogP contribution in [0.1, 0.15) is 25.6 Å². The van der Waals surface area contributed by atoms with Crippen LogP contribution in [0.4, 0.5) is 17.5 Å². The second-order valence-corrected chi connectivity index (χ2v) is 8.72. The molecule has 1 fully saturated rings. The van der Waals surface area contributed by atoms with Gasteiger partial charge in [0.2, 0.25) is 5.75 Å². The Labute approximate surface area is 166 Å². The fourth-order valence-electron chi connectivity index (χ4n) is 3.22. The van der Waals surface area contributed by atoms with E-state index in [9.17, 15) is 4.21 Å². The van der Waals surface area contributed by atoms with Gasteiger partial charge in [-0.3, -0.25) is 9.31 Å². The molecule has 0 saturated carbocycles. The molecule has 0 unspecified atom stereocenters. The summed E-state index contributed by atoms with van der Waals surface area (Å²) in [6.45, 7) is 5.49. The number of nitrogens with zero attached hydrogens (tertiary/aromatic N) is 4. The molecule has 28 heavy (non-hydrogen) atoms. The topological polar surface area (TPSA) is 96.0 Å². The smallest absolute Gasteiger partial charge is 0.204 e. The molecule has 0 aliphatic carbocycles. The average Bonchev–Trinajstić information content (AvgIpc) is 3.11. The van der Waals surface area contributed by atoms with Gasteiger partial charge in [-0.2, -0.15) is 5.10 Å². The van der Waals surface area contributed by atoms with Crippen molar-refractivity contribution in [1.82, 2.24) is 20.2 Å². The number of hydrogen-bond donors (Lipinski definition) is 2. The largest absolute Gasteiger partial charge is 0.490 e. The van der Waals surface area contributed by atoms with Gasteiger partial charge in [0.05, 0.1) is 12.6 Å². The summed E-state index contributed by atoms with van der Waals surface area (Å²) in [5, 5.41) is 11.7. The van der Waals surface area contributed by atoms with Gasteiger partial charge in [-0.05, 0) is 12.1 Å². The number of rotatable bonds is 5. The van der Waals surface area contributed by atoms with Gasteiger partial charge in [-0.1, -0.05) is 26.0 Å². The predicted octanol–water partition coefficient (Wildman–Crippen LogP) is 2.80. The molecule has 3 heterocycles. The van der Waals surface area contributed by atoms with E-state index in [4.69, 9.17) is 14.7 Å². The zero-order valence-corrected chi connectivity index (χ0v) is 17.0. The summed E-state index contributed by atoms with van der Waals surface area (Å²) < 4.78 is 17.5. The Morgan fingerprint density at radius 1 is 1.18 bits per heavy atom. The number of nitrogens with one attached hydrogen (secondary N) is 2. The van der Waals surface area contributed by atoms with E-state index in [1.165, 1.54) is 0 Å². The van der Waals surface area contributed by atoms with Crippen LogP contribution in [0.25, 0.3) is 10.9 Å². The number of methoxy groups -OCH3 is 1. The summed E-state index contributed by atoms with van der Waals surface area (Å²) in [7, 11) is 0.858. The van der Waals surface area contributed by atoms with Crippen molar-refractivity contribution < 1.29 is 8.95 Å². The molecule has 0 amide bonds. The molecule has 9 heteroatoms. The standard InChI is InChI=1S/C19H24N6O2S/c1-12(2)16-20-18(21-17-13-6-4-5-7-14(13)23-24-17)15(27-3)19(22-16)25-8-10-28(26)11-9-25/h4-7,12H,8-11H2,1-3H3,(H2,20,21,22,23,24). The molecule has 3 aromatic rings. The number of H-pyrrole nitrogens is 1.